The quantitative estimate of drug-likeness (QED) is 0.894. The van der Waals surface area contributed by atoms with Crippen LogP contribution in [-0.2, 0) is 6.42 Å². The van der Waals surface area contributed by atoms with Crippen molar-refractivity contribution in [1.82, 2.24) is 5.32 Å². The van der Waals surface area contributed by atoms with E-state index >= 15 is 0 Å². The molecule has 20 heavy (non-hydrogen) atoms. The van der Waals surface area contributed by atoms with Gasteiger partial charge >= 0.3 is 0 Å². The van der Waals surface area contributed by atoms with Crippen molar-refractivity contribution in [2.24, 2.45) is 5.41 Å². The lowest BCUT2D eigenvalue weighted by molar-refractivity contribution is 0.0934. The number of rotatable bonds is 2. The third-order valence-corrected chi connectivity index (χ3v) is 4.54. The lowest BCUT2D eigenvalue weighted by atomic mass is 9.95. The Bertz CT molecular complexity index is 651. The normalized spacial score (nSPS) is 25.4. The van der Waals surface area contributed by atoms with Gasteiger partial charge in [0.15, 0.2) is 0 Å². The van der Waals surface area contributed by atoms with Crippen LogP contribution in [0, 0.1) is 16.7 Å². The fourth-order valence-corrected chi connectivity index (χ4v) is 2.89. The van der Waals surface area contributed by atoms with Gasteiger partial charge in [0.1, 0.15) is 5.54 Å². The van der Waals surface area contributed by atoms with E-state index in [0.717, 1.165) is 19.3 Å². The second-order valence-electron chi connectivity index (χ2n) is 6.39. The maximum atomic E-state index is 12.4. The summed E-state index contributed by atoms with van der Waals surface area (Å²) in [5.41, 5.74) is 2.22. The Labute approximate surface area is 119 Å². The highest BCUT2D eigenvalue weighted by Gasteiger charge is 2.63. The number of nitriles is 1. The molecule has 0 saturated heterocycles. The number of amides is 1. The van der Waals surface area contributed by atoms with Gasteiger partial charge in [0.2, 0.25) is 0 Å². The van der Waals surface area contributed by atoms with E-state index in [4.69, 9.17) is 0 Å². The minimum Gasteiger partial charge on any atom is -0.333 e. The van der Waals surface area contributed by atoms with Crippen LogP contribution in [0.1, 0.15) is 48.2 Å². The zero-order chi connectivity index (χ0) is 14.4. The first kappa shape index (κ1) is 12.9. The Hall–Kier alpha value is -2.08. The van der Waals surface area contributed by atoms with Gasteiger partial charge in [-0.05, 0) is 42.5 Å². The van der Waals surface area contributed by atoms with Gasteiger partial charge in [0.05, 0.1) is 6.07 Å². The van der Waals surface area contributed by atoms with Crippen molar-refractivity contribution in [3.63, 3.8) is 0 Å². The van der Waals surface area contributed by atoms with Crippen molar-refractivity contribution in [2.45, 2.75) is 38.6 Å². The summed E-state index contributed by atoms with van der Waals surface area (Å²) in [4.78, 5) is 12.4. The van der Waals surface area contributed by atoms with Gasteiger partial charge in [-0.15, -0.1) is 0 Å². The molecule has 1 atom stereocenters. The number of hydrogen-bond donors (Lipinski definition) is 1. The summed E-state index contributed by atoms with van der Waals surface area (Å²) in [6.45, 7) is 4.02. The molecule has 102 valence electrons. The molecular formula is C17H18N2O. The van der Waals surface area contributed by atoms with Gasteiger partial charge in [0.25, 0.3) is 5.91 Å². The Morgan fingerprint density at radius 2 is 2.15 bits per heavy atom. The molecule has 1 amide bonds. The summed E-state index contributed by atoms with van der Waals surface area (Å²) < 4.78 is 0. The molecule has 0 bridgehead atoms. The van der Waals surface area contributed by atoms with E-state index in [0.29, 0.717) is 5.56 Å². The largest absolute Gasteiger partial charge is 0.333 e. The Balaban J connectivity index is 1.82. The molecule has 1 saturated carbocycles. The Morgan fingerprint density at radius 1 is 1.40 bits per heavy atom. The van der Waals surface area contributed by atoms with Gasteiger partial charge in [-0.1, -0.05) is 32.1 Å². The molecule has 0 aromatic heterocycles. The first-order valence-corrected chi connectivity index (χ1v) is 7.01. The van der Waals surface area contributed by atoms with E-state index in [1.54, 1.807) is 0 Å². The summed E-state index contributed by atoms with van der Waals surface area (Å²) in [5.74, 6) is -0.144. The maximum absolute atomic E-state index is 12.4. The molecule has 2 aliphatic carbocycles. The van der Waals surface area contributed by atoms with Crippen LogP contribution < -0.4 is 5.32 Å². The number of aryl methyl sites for hydroxylation is 1. The number of nitrogens with zero attached hydrogens (tertiary/aromatic N) is 1. The molecule has 2 aliphatic rings. The van der Waals surface area contributed by atoms with Gasteiger partial charge < -0.3 is 5.32 Å². The molecule has 3 nitrogen and oxygen atoms in total. The summed E-state index contributed by atoms with van der Waals surface area (Å²) >= 11 is 0. The number of carbonyl (C=O) groups excluding carboxylic acids is 1. The number of allylic oxidation sites excluding steroid dienone is 1. The zero-order valence-corrected chi connectivity index (χ0v) is 11.9. The van der Waals surface area contributed by atoms with Crippen molar-refractivity contribution in [3.05, 3.63) is 41.0 Å². The minimum absolute atomic E-state index is 0.131. The first-order valence-electron chi connectivity index (χ1n) is 7.01. The standard InChI is InChI=1S/C17H18N2O/c1-16(2)10-17(16,11-18)19-15(20)14-8-7-12-5-3-4-6-13(12)9-14/h3,5,7-9H,4,6,10H2,1-2H3,(H,19,20). The van der Waals surface area contributed by atoms with E-state index in [1.165, 1.54) is 11.1 Å². The van der Waals surface area contributed by atoms with Crippen LogP contribution in [0.5, 0.6) is 0 Å². The van der Waals surface area contributed by atoms with E-state index in [1.807, 2.05) is 32.0 Å². The van der Waals surface area contributed by atoms with Crippen LogP contribution >= 0.6 is 0 Å². The molecule has 1 unspecified atom stereocenters. The molecule has 3 heteroatoms. The smallest absolute Gasteiger partial charge is 0.252 e. The van der Waals surface area contributed by atoms with Crippen molar-refractivity contribution in [2.75, 3.05) is 0 Å². The topological polar surface area (TPSA) is 52.9 Å². The molecule has 0 spiro atoms. The first-order chi connectivity index (χ1) is 9.47. The average Bonchev–Trinajstić information content (AvgIpc) is 2.99. The second-order valence-corrected chi connectivity index (χ2v) is 6.39. The lowest BCUT2D eigenvalue weighted by Crippen LogP contribution is -2.39. The molecule has 1 fully saturated rings. The molecule has 1 N–H and O–H groups in total. The Morgan fingerprint density at radius 3 is 2.80 bits per heavy atom. The minimum atomic E-state index is -0.695. The van der Waals surface area contributed by atoms with Crippen LogP contribution in [0.3, 0.4) is 0 Å². The van der Waals surface area contributed by atoms with E-state index in [2.05, 4.69) is 23.5 Å². The SMILES string of the molecule is CC1(C)CC1(C#N)NC(=O)c1ccc2c(c1)CCC=C2. The summed E-state index contributed by atoms with van der Waals surface area (Å²) in [5, 5.41) is 12.2. The van der Waals surface area contributed by atoms with Gasteiger partial charge in [-0.3, -0.25) is 4.79 Å². The van der Waals surface area contributed by atoms with Crippen molar-refractivity contribution >= 4 is 12.0 Å². The van der Waals surface area contributed by atoms with E-state index in [9.17, 15) is 10.1 Å². The third-order valence-electron chi connectivity index (χ3n) is 4.54. The van der Waals surface area contributed by atoms with Crippen LogP contribution in [-0.4, -0.2) is 11.4 Å². The van der Waals surface area contributed by atoms with Crippen molar-refractivity contribution < 1.29 is 4.79 Å². The lowest BCUT2D eigenvalue weighted by Gasteiger charge is -2.16. The number of nitrogens with one attached hydrogen (secondary N) is 1. The predicted octanol–water partition coefficient (Wildman–Crippen LogP) is 3.07. The molecule has 0 radical (unpaired) electrons. The van der Waals surface area contributed by atoms with E-state index in [-0.39, 0.29) is 11.3 Å². The number of benzene rings is 1. The van der Waals surface area contributed by atoms with E-state index < -0.39 is 5.54 Å². The van der Waals surface area contributed by atoms with Crippen molar-refractivity contribution in [3.8, 4) is 6.07 Å². The summed E-state index contributed by atoms with van der Waals surface area (Å²) in [6.07, 6.45) is 6.96. The highest BCUT2D eigenvalue weighted by atomic mass is 16.1. The molecular weight excluding hydrogens is 248 g/mol. The number of hydrogen-bond acceptors (Lipinski definition) is 2. The Kier molecular flexibility index (Phi) is 2.72. The van der Waals surface area contributed by atoms with Gasteiger partial charge in [-0.25, -0.2) is 0 Å². The number of fused-ring (bicyclic) bond motifs is 1. The fraction of sp³-hybridized carbons (Fsp3) is 0.412. The van der Waals surface area contributed by atoms with Crippen LogP contribution in [0.25, 0.3) is 6.08 Å². The second kappa shape index (κ2) is 4.21. The average molecular weight is 266 g/mol. The molecule has 1 aromatic rings. The summed E-state index contributed by atoms with van der Waals surface area (Å²) in [7, 11) is 0. The third kappa shape index (κ3) is 1.92. The van der Waals surface area contributed by atoms with Crippen LogP contribution in [0.2, 0.25) is 0 Å². The highest BCUT2D eigenvalue weighted by Crippen LogP contribution is 2.55. The van der Waals surface area contributed by atoms with Gasteiger partial charge in [0, 0.05) is 11.0 Å². The van der Waals surface area contributed by atoms with Crippen LogP contribution in [0.15, 0.2) is 24.3 Å². The molecule has 1 aromatic carbocycles. The fourth-order valence-electron chi connectivity index (χ4n) is 2.89. The van der Waals surface area contributed by atoms with Crippen molar-refractivity contribution in [1.29, 1.82) is 5.26 Å². The maximum Gasteiger partial charge on any atom is 0.252 e. The summed E-state index contributed by atoms with van der Waals surface area (Å²) in [6, 6.07) is 8.04. The zero-order valence-electron chi connectivity index (χ0n) is 11.9. The monoisotopic (exact) mass is 266 g/mol. The predicted molar refractivity (Wildman–Crippen MR) is 78.0 cm³/mol. The molecule has 0 aliphatic heterocycles. The number of carbonyl (C=O) groups is 1. The highest BCUT2D eigenvalue weighted by molar-refractivity contribution is 5.96. The molecule has 3 rings (SSSR count). The molecule has 0 heterocycles. The van der Waals surface area contributed by atoms with Gasteiger partial charge in [-0.2, -0.15) is 5.26 Å². The van der Waals surface area contributed by atoms with Crippen LogP contribution in [0.4, 0.5) is 0 Å².